The number of aliphatic hydroxyl groups excluding tert-OH is 1. The average Bonchev–Trinajstić information content (AvgIpc) is 3.47. The molecule has 36 heavy (non-hydrogen) atoms. The van der Waals surface area contributed by atoms with Gasteiger partial charge < -0.3 is 24.4 Å². The lowest BCUT2D eigenvalue weighted by atomic mass is 9.65. The van der Waals surface area contributed by atoms with E-state index in [4.69, 9.17) is 9.47 Å². The number of carbonyl (C=O) groups is 3. The van der Waals surface area contributed by atoms with E-state index in [0.29, 0.717) is 45.2 Å². The highest BCUT2D eigenvalue weighted by molar-refractivity contribution is 5.98. The van der Waals surface area contributed by atoms with Gasteiger partial charge in [0.2, 0.25) is 11.8 Å². The van der Waals surface area contributed by atoms with Crippen molar-refractivity contribution in [3.05, 3.63) is 25.3 Å². The Balaban J connectivity index is 2.04. The Kier molecular flexibility index (Phi) is 9.39. The Morgan fingerprint density at radius 2 is 2.00 bits per heavy atom. The number of unbranched alkanes of at least 4 members (excludes halogenated alkanes) is 2. The molecule has 2 bridgehead atoms. The summed E-state index contributed by atoms with van der Waals surface area (Å²) in [5.74, 6) is -2.28. The molecule has 0 aromatic heterocycles. The zero-order valence-corrected chi connectivity index (χ0v) is 22.2. The van der Waals surface area contributed by atoms with Crippen molar-refractivity contribution in [2.24, 2.45) is 11.8 Å². The summed E-state index contributed by atoms with van der Waals surface area (Å²) >= 11 is 0. The normalized spacial score (nSPS) is 31.3. The lowest BCUT2D eigenvalue weighted by Crippen LogP contribution is -2.58. The molecule has 8 heteroatoms. The van der Waals surface area contributed by atoms with Crippen LogP contribution in [-0.4, -0.2) is 82.3 Å². The van der Waals surface area contributed by atoms with Crippen molar-refractivity contribution >= 4 is 17.8 Å². The number of fused-ring (bicyclic) bond motifs is 1. The summed E-state index contributed by atoms with van der Waals surface area (Å²) in [5, 5.41) is 9.20. The molecule has 3 aliphatic heterocycles. The van der Waals surface area contributed by atoms with E-state index in [9.17, 15) is 19.5 Å². The molecule has 3 rings (SSSR count). The number of likely N-dealkylation sites (tertiary alicyclic amines) is 1. The molecule has 2 amide bonds. The van der Waals surface area contributed by atoms with E-state index < -0.39 is 35.0 Å². The minimum Gasteiger partial charge on any atom is -0.461 e. The highest BCUT2D eigenvalue weighted by Crippen LogP contribution is 2.64. The van der Waals surface area contributed by atoms with E-state index in [2.05, 4.69) is 20.1 Å². The second kappa shape index (κ2) is 11.9. The SMILES string of the molecule is C=CCOC(=O)[C@H]1[C@H]2C(=O)N(CCCCCO)C(C(=O)N(CC=C)C(C)CCC)C23CC[C@]1(CC)O3. The summed E-state index contributed by atoms with van der Waals surface area (Å²) in [4.78, 5) is 45.1. The van der Waals surface area contributed by atoms with Crippen molar-refractivity contribution in [2.45, 2.75) is 95.4 Å². The summed E-state index contributed by atoms with van der Waals surface area (Å²) in [6.07, 6.45) is 8.76. The Morgan fingerprint density at radius 1 is 1.25 bits per heavy atom. The zero-order valence-electron chi connectivity index (χ0n) is 22.2. The third-order valence-electron chi connectivity index (χ3n) is 8.42. The van der Waals surface area contributed by atoms with Gasteiger partial charge in [0.05, 0.1) is 11.5 Å². The molecule has 0 saturated carbocycles. The van der Waals surface area contributed by atoms with Gasteiger partial charge in [-0.2, -0.15) is 0 Å². The molecule has 8 nitrogen and oxygen atoms in total. The first-order chi connectivity index (χ1) is 17.3. The summed E-state index contributed by atoms with van der Waals surface area (Å²) in [5.41, 5.74) is -1.86. The van der Waals surface area contributed by atoms with Crippen LogP contribution in [0.5, 0.6) is 0 Å². The van der Waals surface area contributed by atoms with Gasteiger partial charge in [0, 0.05) is 25.7 Å². The third kappa shape index (κ3) is 4.74. The molecule has 6 atom stereocenters. The number of carbonyl (C=O) groups excluding carboxylic acids is 3. The number of hydrogen-bond acceptors (Lipinski definition) is 6. The van der Waals surface area contributed by atoms with Crippen molar-refractivity contribution in [1.29, 1.82) is 0 Å². The van der Waals surface area contributed by atoms with E-state index in [-0.39, 0.29) is 31.1 Å². The Labute approximate surface area is 215 Å². The molecule has 1 spiro atoms. The molecule has 3 saturated heterocycles. The van der Waals surface area contributed by atoms with Gasteiger partial charge >= 0.3 is 5.97 Å². The summed E-state index contributed by atoms with van der Waals surface area (Å²) in [6.45, 7) is 14.5. The molecular weight excluding hydrogens is 460 g/mol. The van der Waals surface area contributed by atoms with E-state index in [0.717, 1.165) is 19.3 Å². The highest BCUT2D eigenvalue weighted by atomic mass is 16.6. The van der Waals surface area contributed by atoms with E-state index in [1.165, 1.54) is 6.08 Å². The topological polar surface area (TPSA) is 96.4 Å². The van der Waals surface area contributed by atoms with Crippen LogP contribution in [0, 0.1) is 11.8 Å². The molecule has 3 heterocycles. The fourth-order valence-electron chi connectivity index (χ4n) is 6.75. The first kappa shape index (κ1) is 28.4. The number of amides is 2. The predicted octanol–water partition coefficient (Wildman–Crippen LogP) is 3.24. The van der Waals surface area contributed by atoms with Gasteiger partial charge in [-0.05, 0) is 51.9 Å². The summed E-state index contributed by atoms with van der Waals surface area (Å²) in [7, 11) is 0. The van der Waals surface area contributed by atoms with E-state index in [1.54, 1.807) is 11.0 Å². The van der Waals surface area contributed by atoms with Crippen LogP contribution in [0.25, 0.3) is 0 Å². The molecule has 3 fully saturated rings. The first-order valence-electron chi connectivity index (χ1n) is 13.6. The smallest absolute Gasteiger partial charge is 0.313 e. The molecular formula is C28H44N2O6. The van der Waals surface area contributed by atoms with Crippen molar-refractivity contribution < 1.29 is 29.0 Å². The number of ether oxygens (including phenoxy) is 2. The van der Waals surface area contributed by atoms with Crippen molar-refractivity contribution in [2.75, 3.05) is 26.3 Å². The number of nitrogens with zero attached hydrogens (tertiary/aromatic N) is 2. The van der Waals surface area contributed by atoms with E-state index in [1.807, 2.05) is 18.7 Å². The Bertz CT molecular complexity index is 846. The first-order valence-corrected chi connectivity index (χ1v) is 13.6. The van der Waals surface area contributed by atoms with Gasteiger partial charge in [-0.25, -0.2) is 0 Å². The van der Waals surface area contributed by atoms with Crippen LogP contribution in [0.4, 0.5) is 0 Å². The van der Waals surface area contributed by atoms with E-state index >= 15 is 0 Å². The monoisotopic (exact) mass is 504 g/mol. The minimum absolute atomic E-state index is 0.0191. The molecule has 0 aliphatic carbocycles. The molecule has 3 unspecified atom stereocenters. The second-order valence-corrected chi connectivity index (χ2v) is 10.5. The third-order valence-corrected chi connectivity index (χ3v) is 8.42. The number of esters is 1. The molecule has 0 radical (unpaired) electrons. The van der Waals surface area contributed by atoms with Crippen LogP contribution >= 0.6 is 0 Å². The molecule has 0 aromatic carbocycles. The quantitative estimate of drug-likeness (QED) is 0.209. The lowest BCUT2D eigenvalue weighted by molar-refractivity contribution is -0.161. The van der Waals surface area contributed by atoms with Crippen LogP contribution in [0.3, 0.4) is 0 Å². The van der Waals surface area contributed by atoms with Crippen LogP contribution in [0.15, 0.2) is 25.3 Å². The average molecular weight is 505 g/mol. The second-order valence-electron chi connectivity index (χ2n) is 10.5. The van der Waals surface area contributed by atoms with Gasteiger partial charge in [0.1, 0.15) is 24.2 Å². The van der Waals surface area contributed by atoms with Crippen molar-refractivity contribution in [3.8, 4) is 0 Å². The molecule has 1 N–H and O–H groups in total. The molecule has 0 aromatic rings. The van der Waals surface area contributed by atoms with Crippen molar-refractivity contribution in [3.63, 3.8) is 0 Å². The molecule has 3 aliphatic rings. The Morgan fingerprint density at radius 3 is 2.61 bits per heavy atom. The van der Waals surface area contributed by atoms with Crippen LogP contribution < -0.4 is 0 Å². The maximum atomic E-state index is 14.3. The minimum atomic E-state index is -1.05. The van der Waals surface area contributed by atoms with Gasteiger partial charge in [0.25, 0.3) is 0 Å². The van der Waals surface area contributed by atoms with Crippen LogP contribution in [0.1, 0.15) is 72.1 Å². The number of rotatable bonds is 15. The predicted molar refractivity (Wildman–Crippen MR) is 137 cm³/mol. The van der Waals surface area contributed by atoms with Gasteiger partial charge in [-0.3, -0.25) is 14.4 Å². The fourth-order valence-corrected chi connectivity index (χ4v) is 6.75. The Hall–Kier alpha value is -2.19. The van der Waals surface area contributed by atoms with Gasteiger partial charge in [0.15, 0.2) is 0 Å². The lowest BCUT2D eigenvalue weighted by Gasteiger charge is -2.39. The van der Waals surface area contributed by atoms with Gasteiger partial charge in [-0.15, -0.1) is 6.58 Å². The van der Waals surface area contributed by atoms with Crippen LogP contribution in [-0.2, 0) is 23.9 Å². The summed E-state index contributed by atoms with van der Waals surface area (Å²) < 4.78 is 12.2. The largest absolute Gasteiger partial charge is 0.461 e. The summed E-state index contributed by atoms with van der Waals surface area (Å²) in [6, 6.07) is -0.816. The highest BCUT2D eigenvalue weighted by Gasteiger charge is 2.79. The maximum Gasteiger partial charge on any atom is 0.313 e. The zero-order chi connectivity index (χ0) is 26.5. The number of hydrogen-bond donors (Lipinski definition) is 1. The standard InChI is InChI=1S/C28H44N2O6/c1-6-13-20(5)29(16-7-2)25(33)23-28-15-14-27(9-4,36-28)22(26(34)35-19-8-3)21(28)24(32)30(23)17-11-10-12-18-31/h7-8,20-23,31H,2-3,6,9-19H2,1,4-5H3/t20?,21-,22+,23?,27-,28?/m0/s1. The number of aliphatic hydroxyl groups is 1. The maximum absolute atomic E-state index is 14.3. The fraction of sp³-hybridized carbons (Fsp3) is 0.750. The molecule has 202 valence electrons. The van der Waals surface area contributed by atoms with Crippen LogP contribution in [0.2, 0.25) is 0 Å². The van der Waals surface area contributed by atoms with Crippen molar-refractivity contribution in [1.82, 2.24) is 9.80 Å². The van der Waals surface area contributed by atoms with Gasteiger partial charge in [-0.1, -0.05) is 39.0 Å².